The van der Waals surface area contributed by atoms with E-state index in [-0.39, 0.29) is 18.6 Å². The van der Waals surface area contributed by atoms with Crippen molar-refractivity contribution in [1.29, 1.82) is 0 Å². The molecule has 1 amide bonds. The lowest BCUT2D eigenvalue weighted by Gasteiger charge is -2.34. The number of ether oxygens (including phenoxy) is 2. The first-order valence-corrected chi connectivity index (χ1v) is 7.33. The maximum atomic E-state index is 12.1. The van der Waals surface area contributed by atoms with Gasteiger partial charge in [0.25, 0.3) is 0 Å². The summed E-state index contributed by atoms with van der Waals surface area (Å²) in [4.78, 5) is 13.8. The summed E-state index contributed by atoms with van der Waals surface area (Å²) in [7, 11) is 1.57. The number of hydrogen-bond donors (Lipinski definition) is 1. The predicted octanol–water partition coefficient (Wildman–Crippen LogP) is 2.04. The van der Waals surface area contributed by atoms with Gasteiger partial charge in [0.2, 0.25) is 0 Å². The summed E-state index contributed by atoms with van der Waals surface area (Å²) >= 11 is 0. The Morgan fingerprint density at radius 2 is 2.19 bits per heavy atom. The maximum absolute atomic E-state index is 12.1. The van der Waals surface area contributed by atoms with Gasteiger partial charge in [0.05, 0.1) is 12.7 Å². The Morgan fingerprint density at radius 3 is 2.90 bits per heavy atom. The van der Waals surface area contributed by atoms with Crippen LogP contribution in [-0.4, -0.2) is 49.0 Å². The highest BCUT2D eigenvalue weighted by Crippen LogP contribution is 2.21. The highest BCUT2D eigenvalue weighted by molar-refractivity contribution is 5.67. The molecular weight excluding hydrogens is 270 g/mol. The molecule has 1 aromatic rings. The van der Waals surface area contributed by atoms with Crippen molar-refractivity contribution in [3.8, 4) is 0 Å². The molecule has 1 saturated heterocycles. The lowest BCUT2D eigenvalue weighted by molar-refractivity contribution is -0.00358. The molecule has 2 atom stereocenters. The highest BCUT2D eigenvalue weighted by Gasteiger charge is 2.29. The first kappa shape index (κ1) is 15.8. The van der Waals surface area contributed by atoms with E-state index >= 15 is 0 Å². The van der Waals surface area contributed by atoms with Crippen LogP contribution >= 0.6 is 0 Å². The number of methoxy groups -OCH3 is 1. The van der Waals surface area contributed by atoms with Gasteiger partial charge < -0.3 is 19.5 Å². The van der Waals surface area contributed by atoms with Crippen LogP contribution in [0.15, 0.2) is 30.3 Å². The number of carbonyl (C=O) groups excluding carboxylic acids is 1. The van der Waals surface area contributed by atoms with Crippen molar-refractivity contribution in [2.45, 2.75) is 25.6 Å². The summed E-state index contributed by atoms with van der Waals surface area (Å²) in [6.07, 6.45) is 0.951. The van der Waals surface area contributed by atoms with E-state index < -0.39 is 6.10 Å². The van der Waals surface area contributed by atoms with Crippen LogP contribution in [0.1, 0.15) is 18.4 Å². The second-order valence-corrected chi connectivity index (χ2v) is 5.41. The zero-order chi connectivity index (χ0) is 15.1. The van der Waals surface area contributed by atoms with E-state index in [1.807, 2.05) is 30.3 Å². The fourth-order valence-electron chi connectivity index (χ4n) is 2.61. The zero-order valence-corrected chi connectivity index (χ0v) is 12.4. The number of nitrogens with zero attached hydrogens (tertiary/aromatic N) is 1. The standard InChI is InChI=1S/C16H23NO4/c1-20-12-15(18)14-8-5-9-17(10-14)16(19)21-11-13-6-3-2-4-7-13/h2-4,6-7,14-15,18H,5,8-12H2,1H3/t14-,15+/m0/s1. The van der Waals surface area contributed by atoms with E-state index in [0.717, 1.165) is 18.4 Å². The van der Waals surface area contributed by atoms with E-state index in [4.69, 9.17) is 9.47 Å². The third-order valence-electron chi connectivity index (χ3n) is 3.80. The van der Waals surface area contributed by atoms with Gasteiger partial charge in [-0.2, -0.15) is 0 Å². The van der Waals surface area contributed by atoms with Crippen LogP contribution in [-0.2, 0) is 16.1 Å². The van der Waals surface area contributed by atoms with E-state index in [1.165, 1.54) is 0 Å². The summed E-state index contributed by atoms with van der Waals surface area (Å²) in [5.74, 6) is 0.0583. The molecule has 1 N–H and O–H groups in total. The van der Waals surface area contributed by atoms with Gasteiger partial charge in [-0.1, -0.05) is 30.3 Å². The Kier molecular flexibility index (Phi) is 6.02. The monoisotopic (exact) mass is 293 g/mol. The van der Waals surface area contributed by atoms with Gasteiger partial charge in [-0.3, -0.25) is 0 Å². The average molecular weight is 293 g/mol. The Balaban J connectivity index is 1.81. The van der Waals surface area contributed by atoms with Crippen LogP contribution in [0.4, 0.5) is 4.79 Å². The van der Waals surface area contributed by atoms with Gasteiger partial charge in [-0.15, -0.1) is 0 Å². The molecule has 1 aliphatic rings. The van der Waals surface area contributed by atoms with Gasteiger partial charge in [-0.05, 0) is 18.4 Å². The molecule has 1 aromatic carbocycles. The van der Waals surface area contributed by atoms with Crippen molar-refractivity contribution in [2.75, 3.05) is 26.8 Å². The molecule has 1 fully saturated rings. The SMILES string of the molecule is COC[C@@H](O)[C@H]1CCCN(C(=O)OCc2ccccc2)C1. The molecule has 21 heavy (non-hydrogen) atoms. The van der Waals surface area contributed by atoms with Crippen molar-refractivity contribution in [3.05, 3.63) is 35.9 Å². The second-order valence-electron chi connectivity index (χ2n) is 5.41. The summed E-state index contributed by atoms with van der Waals surface area (Å²) in [6.45, 7) is 1.79. The van der Waals surface area contributed by atoms with Crippen LogP contribution < -0.4 is 0 Å². The number of amides is 1. The van der Waals surface area contributed by atoms with Crippen molar-refractivity contribution in [2.24, 2.45) is 5.92 Å². The Labute approximate surface area is 125 Å². The molecule has 1 heterocycles. The van der Waals surface area contributed by atoms with Crippen LogP contribution in [0.5, 0.6) is 0 Å². The van der Waals surface area contributed by atoms with Gasteiger partial charge >= 0.3 is 6.09 Å². The van der Waals surface area contributed by atoms with E-state index in [1.54, 1.807) is 12.0 Å². The molecule has 5 heteroatoms. The molecule has 5 nitrogen and oxygen atoms in total. The molecule has 0 spiro atoms. The second kappa shape index (κ2) is 8.00. The summed E-state index contributed by atoms with van der Waals surface area (Å²) in [6, 6.07) is 9.61. The fraction of sp³-hybridized carbons (Fsp3) is 0.562. The summed E-state index contributed by atoms with van der Waals surface area (Å²) in [5.41, 5.74) is 0.971. The number of aliphatic hydroxyl groups excluding tert-OH is 1. The summed E-state index contributed by atoms with van der Waals surface area (Å²) < 4.78 is 10.3. The van der Waals surface area contributed by atoms with Gasteiger partial charge in [0, 0.05) is 26.1 Å². The largest absolute Gasteiger partial charge is 0.445 e. The van der Waals surface area contributed by atoms with Crippen LogP contribution in [0, 0.1) is 5.92 Å². The minimum atomic E-state index is -0.528. The quantitative estimate of drug-likeness (QED) is 0.902. The summed E-state index contributed by atoms with van der Waals surface area (Å²) in [5, 5.41) is 9.98. The minimum Gasteiger partial charge on any atom is -0.445 e. The molecule has 0 aliphatic carbocycles. The molecule has 0 unspecified atom stereocenters. The van der Waals surface area contributed by atoms with Crippen molar-refractivity contribution >= 4 is 6.09 Å². The molecule has 0 saturated carbocycles. The molecule has 0 radical (unpaired) electrons. The number of piperidine rings is 1. The third kappa shape index (κ3) is 4.72. The third-order valence-corrected chi connectivity index (χ3v) is 3.80. The number of likely N-dealkylation sites (tertiary alicyclic amines) is 1. The Bertz CT molecular complexity index is 437. The average Bonchev–Trinajstić information content (AvgIpc) is 2.54. The first-order valence-electron chi connectivity index (χ1n) is 7.33. The normalized spacial score (nSPS) is 20.1. The predicted molar refractivity (Wildman–Crippen MR) is 78.8 cm³/mol. The minimum absolute atomic E-state index is 0.0583. The van der Waals surface area contributed by atoms with Crippen molar-refractivity contribution in [1.82, 2.24) is 4.90 Å². The number of carbonyl (C=O) groups is 1. The molecule has 1 aliphatic heterocycles. The van der Waals surface area contributed by atoms with Crippen LogP contribution in [0.2, 0.25) is 0 Å². The van der Waals surface area contributed by atoms with Gasteiger partial charge in [0.15, 0.2) is 0 Å². The Morgan fingerprint density at radius 1 is 1.43 bits per heavy atom. The van der Waals surface area contributed by atoms with Crippen molar-refractivity contribution in [3.63, 3.8) is 0 Å². The molecule has 0 aromatic heterocycles. The van der Waals surface area contributed by atoms with Crippen LogP contribution in [0.3, 0.4) is 0 Å². The van der Waals surface area contributed by atoms with E-state index in [0.29, 0.717) is 19.7 Å². The zero-order valence-electron chi connectivity index (χ0n) is 12.4. The number of aliphatic hydroxyl groups is 1. The molecule has 116 valence electrons. The highest BCUT2D eigenvalue weighted by atomic mass is 16.6. The number of hydrogen-bond acceptors (Lipinski definition) is 4. The Hall–Kier alpha value is -1.59. The van der Waals surface area contributed by atoms with E-state index in [2.05, 4.69) is 0 Å². The molecule has 2 rings (SSSR count). The maximum Gasteiger partial charge on any atom is 0.410 e. The smallest absolute Gasteiger partial charge is 0.410 e. The lowest BCUT2D eigenvalue weighted by Crippen LogP contribution is -2.44. The fourth-order valence-corrected chi connectivity index (χ4v) is 2.61. The van der Waals surface area contributed by atoms with Gasteiger partial charge in [0.1, 0.15) is 6.61 Å². The lowest BCUT2D eigenvalue weighted by atomic mass is 9.93. The van der Waals surface area contributed by atoms with Gasteiger partial charge in [-0.25, -0.2) is 4.79 Å². The topological polar surface area (TPSA) is 59.0 Å². The first-order chi connectivity index (χ1) is 10.2. The van der Waals surface area contributed by atoms with Crippen molar-refractivity contribution < 1.29 is 19.4 Å². The van der Waals surface area contributed by atoms with Crippen LogP contribution in [0.25, 0.3) is 0 Å². The molecular formula is C16H23NO4. The number of benzene rings is 1. The number of rotatable bonds is 5. The van der Waals surface area contributed by atoms with E-state index in [9.17, 15) is 9.90 Å². The molecule has 0 bridgehead atoms.